The van der Waals surface area contributed by atoms with E-state index in [1.807, 2.05) is 30.3 Å². The first-order valence-electron chi connectivity index (χ1n) is 20.2. The van der Waals surface area contributed by atoms with Crippen LogP contribution in [-0.2, 0) is 22.5 Å². The van der Waals surface area contributed by atoms with E-state index in [0.29, 0.717) is 39.6 Å². The van der Waals surface area contributed by atoms with Gasteiger partial charge in [-0.3, -0.25) is 19.8 Å². The van der Waals surface area contributed by atoms with Crippen molar-refractivity contribution < 1.29 is 52.4 Å². The normalized spacial score (nSPS) is 22.5. The van der Waals surface area contributed by atoms with Gasteiger partial charge in [0.15, 0.2) is 16.4 Å². The number of amides is 2. The van der Waals surface area contributed by atoms with Gasteiger partial charge in [-0.2, -0.15) is 8.78 Å². The summed E-state index contributed by atoms with van der Waals surface area (Å²) in [5, 5.41) is 21.6. The van der Waals surface area contributed by atoms with Gasteiger partial charge >= 0.3 is 18.7 Å². The SMILES string of the molecule is O=C(O[C@H]1CN2CCC1CC2)N(Cc1cccc(C(=O)N2CCS[C@]2(C(=O)O)[C@@H](Cc2c(Cl)c[n+](O)cc2Cl)c2ccc(OC(F)F)c(OCC3CC3)c2)c1)c1ccccc1. The summed E-state index contributed by atoms with van der Waals surface area (Å²) in [7, 11) is 0. The number of aliphatic carboxylic acids is 1. The van der Waals surface area contributed by atoms with Crippen LogP contribution in [-0.4, -0.2) is 94.2 Å². The average Bonchev–Trinajstić information content (AvgIpc) is 3.97. The first-order chi connectivity index (χ1) is 29.4. The van der Waals surface area contributed by atoms with Crippen molar-refractivity contribution in [2.24, 2.45) is 11.8 Å². The summed E-state index contributed by atoms with van der Waals surface area (Å²) >= 11 is 14.3. The van der Waals surface area contributed by atoms with Crippen LogP contribution in [0.3, 0.4) is 0 Å². The van der Waals surface area contributed by atoms with E-state index >= 15 is 0 Å². The Hall–Kier alpha value is -4.83. The third-order valence-electron chi connectivity index (χ3n) is 11.9. The Morgan fingerprint density at radius 1 is 0.934 bits per heavy atom. The number of thioether (sulfide) groups is 1. The molecule has 61 heavy (non-hydrogen) atoms. The van der Waals surface area contributed by atoms with Crippen molar-refractivity contribution in [3.05, 3.63) is 117 Å². The van der Waals surface area contributed by atoms with Crippen LogP contribution in [0.1, 0.15) is 58.6 Å². The summed E-state index contributed by atoms with van der Waals surface area (Å²) in [6, 6.07) is 20.1. The highest BCUT2D eigenvalue weighted by molar-refractivity contribution is 8.01. The molecule has 1 aromatic heterocycles. The molecule has 1 aliphatic carbocycles. The van der Waals surface area contributed by atoms with Crippen LogP contribution in [0.15, 0.2) is 85.2 Å². The smallest absolute Gasteiger partial charge is 0.414 e. The molecule has 4 saturated heterocycles. The number of alkyl halides is 2. The van der Waals surface area contributed by atoms with Gasteiger partial charge in [0.2, 0.25) is 12.4 Å². The number of pyridine rings is 1. The lowest BCUT2D eigenvalue weighted by Gasteiger charge is -2.44. The lowest BCUT2D eigenvalue weighted by molar-refractivity contribution is -0.904. The second kappa shape index (κ2) is 18.3. The van der Waals surface area contributed by atoms with Crippen molar-refractivity contribution in [1.82, 2.24) is 9.80 Å². The number of hydrogen-bond acceptors (Lipinski definition) is 9. The number of halogens is 4. The summed E-state index contributed by atoms with van der Waals surface area (Å²) in [6.45, 7) is -0.0987. The number of carboxylic acids is 1. The molecule has 322 valence electrons. The lowest BCUT2D eigenvalue weighted by atomic mass is 9.83. The number of piperidine rings is 3. The quantitative estimate of drug-likeness (QED) is 0.0891. The number of rotatable bonds is 15. The highest BCUT2D eigenvalue weighted by Crippen LogP contribution is 2.51. The van der Waals surface area contributed by atoms with Crippen molar-refractivity contribution in [2.75, 3.05) is 43.4 Å². The Labute approximate surface area is 365 Å². The fourth-order valence-electron chi connectivity index (χ4n) is 8.61. The summed E-state index contributed by atoms with van der Waals surface area (Å²) in [4.78, 5) is 45.9. The maximum absolute atomic E-state index is 14.9. The number of ether oxygens (including phenoxy) is 3. The standard InChI is InChI=1S/C44H44Cl2F2N4O8S/c45-35-23-50(57)24-36(46)33(35)21-34(30-11-12-37(59-42(47)48)38(20-30)58-26-27-9-10-27)44(41(54)55)52(17-18-61-44)40(53)31-6-4-5-28(19-31)22-51(32-7-2-1-3-8-32)43(56)60-39-25-49-15-13-29(39)14-16-49/h1-8,11-12,19-20,23-24,27,29,34,39,42H,9-10,13-18,21-22,25-26H2,(H-,54,55,57)/p+1/t34-,39-,44-/m0/s1. The Morgan fingerprint density at radius 3 is 2.33 bits per heavy atom. The molecule has 4 aliphatic heterocycles. The van der Waals surface area contributed by atoms with Gasteiger partial charge in [-0.25, -0.2) is 9.59 Å². The molecule has 4 aromatic rings. The van der Waals surface area contributed by atoms with Crippen LogP contribution in [0.2, 0.25) is 10.0 Å². The number of anilines is 1. The van der Waals surface area contributed by atoms with Gasteiger partial charge in [-0.15, -0.1) is 11.8 Å². The number of fused-ring (bicyclic) bond motifs is 3. The molecule has 2 bridgehead atoms. The zero-order valence-corrected chi connectivity index (χ0v) is 35.3. The van der Waals surface area contributed by atoms with E-state index in [9.17, 15) is 33.5 Å². The number of carbonyl (C=O) groups is 3. The van der Waals surface area contributed by atoms with E-state index in [4.69, 9.17) is 37.4 Å². The van der Waals surface area contributed by atoms with Gasteiger partial charge < -0.3 is 24.2 Å². The molecule has 5 fully saturated rings. The van der Waals surface area contributed by atoms with Crippen molar-refractivity contribution in [3.63, 3.8) is 0 Å². The van der Waals surface area contributed by atoms with E-state index in [0.717, 1.165) is 50.5 Å². The zero-order chi connectivity index (χ0) is 42.8. The molecule has 5 heterocycles. The van der Waals surface area contributed by atoms with Crippen LogP contribution in [0.4, 0.5) is 19.3 Å². The highest BCUT2D eigenvalue weighted by Gasteiger charge is 2.57. The molecule has 2 amide bonds. The largest absolute Gasteiger partial charge is 0.489 e. The molecule has 1 saturated carbocycles. The van der Waals surface area contributed by atoms with E-state index in [1.54, 1.807) is 24.3 Å². The molecule has 0 spiro atoms. The number of para-hydroxylation sites is 1. The first kappa shape index (κ1) is 42.8. The van der Waals surface area contributed by atoms with Gasteiger partial charge in [0.05, 0.1) is 13.2 Å². The van der Waals surface area contributed by atoms with Gasteiger partial charge in [0.25, 0.3) is 5.91 Å². The van der Waals surface area contributed by atoms with Gasteiger partial charge in [-0.1, -0.05) is 59.6 Å². The highest BCUT2D eigenvalue weighted by atomic mass is 35.5. The predicted molar refractivity (Wildman–Crippen MR) is 224 cm³/mol. The summed E-state index contributed by atoms with van der Waals surface area (Å²) in [6.07, 6.45) is 5.34. The molecule has 2 N–H and O–H groups in total. The molecular formula is C44H45Cl2F2N4O8S+. The van der Waals surface area contributed by atoms with E-state index in [2.05, 4.69) is 4.90 Å². The average molecular weight is 899 g/mol. The number of hydrogen-bond donors (Lipinski definition) is 2. The zero-order valence-electron chi connectivity index (χ0n) is 33.0. The monoisotopic (exact) mass is 897 g/mol. The molecule has 3 aromatic carbocycles. The van der Waals surface area contributed by atoms with E-state index < -0.39 is 35.4 Å². The first-order valence-corrected chi connectivity index (χ1v) is 22.0. The van der Waals surface area contributed by atoms with Crippen LogP contribution in [0.5, 0.6) is 11.5 Å². The Balaban J connectivity index is 1.14. The van der Waals surface area contributed by atoms with E-state index in [1.165, 1.54) is 40.4 Å². The third kappa shape index (κ3) is 9.35. The number of carbonyl (C=O) groups excluding carboxylic acids is 2. The van der Waals surface area contributed by atoms with Crippen LogP contribution in [0, 0.1) is 11.8 Å². The summed E-state index contributed by atoms with van der Waals surface area (Å²) < 4.78 is 44.7. The Morgan fingerprint density at radius 2 is 1.67 bits per heavy atom. The second-order valence-electron chi connectivity index (χ2n) is 15.9. The Kier molecular flexibility index (Phi) is 12.8. The maximum atomic E-state index is 14.9. The molecule has 5 aliphatic rings. The molecule has 3 atom stereocenters. The van der Waals surface area contributed by atoms with Crippen molar-refractivity contribution >= 4 is 58.6 Å². The van der Waals surface area contributed by atoms with Crippen molar-refractivity contribution in [2.45, 2.75) is 62.2 Å². The minimum absolute atomic E-state index is 0.00253. The minimum atomic E-state index is -3.15. The predicted octanol–water partition coefficient (Wildman–Crippen LogP) is 8.14. The third-order valence-corrected chi connectivity index (χ3v) is 14.1. The maximum Gasteiger partial charge on any atom is 0.414 e. The molecule has 12 nitrogen and oxygen atoms in total. The molecular weight excluding hydrogens is 853 g/mol. The fourth-order valence-corrected chi connectivity index (χ4v) is 10.7. The number of nitrogens with zero attached hydrogens (tertiary/aromatic N) is 4. The van der Waals surface area contributed by atoms with Crippen molar-refractivity contribution in [3.8, 4) is 11.5 Å². The van der Waals surface area contributed by atoms with Crippen LogP contribution < -0.4 is 19.1 Å². The Bertz CT molecular complexity index is 2240. The molecule has 0 unspecified atom stereocenters. The van der Waals surface area contributed by atoms with Gasteiger partial charge in [-0.05, 0) is 105 Å². The van der Waals surface area contributed by atoms with Crippen LogP contribution >= 0.6 is 35.0 Å². The van der Waals surface area contributed by atoms with Gasteiger partial charge in [0, 0.05) is 46.3 Å². The van der Waals surface area contributed by atoms with Gasteiger partial charge in [0.1, 0.15) is 16.1 Å². The minimum Gasteiger partial charge on any atom is -0.489 e. The second-order valence-corrected chi connectivity index (χ2v) is 18.0. The molecule has 0 radical (unpaired) electrons. The molecule has 17 heteroatoms. The fraction of sp³-hybridized carbons (Fsp3) is 0.409. The van der Waals surface area contributed by atoms with E-state index in [-0.39, 0.29) is 71.0 Å². The number of aromatic nitrogens is 1. The number of benzene rings is 3. The summed E-state index contributed by atoms with van der Waals surface area (Å²) in [5.74, 6) is -2.45. The molecule has 9 rings (SSSR count). The summed E-state index contributed by atoms with van der Waals surface area (Å²) in [5.41, 5.74) is 2.04. The van der Waals surface area contributed by atoms with Crippen molar-refractivity contribution in [1.29, 1.82) is 0 Å². The van der Waals surface area contributed by atoms with Crippen LogP contribution in [0.25, 0.3) is 0 Å². The topological polar surface area (TPSA) is 133 Å². The lowest BCUT2D eigenvalue weighted by Crippen LogP contribution is -2.55. The number of carboxylic acid groups (broad SMARTS) is 1.